The molecule has 0 saturated carbocycles. The lowest BCUT2D eigenvalue weighted by atomic mass is 9.84. The largest absolute Gasteiger partial charge is 0.493 e. The number of nitrogens with one attached hydrogen (secondary N) is 1. The Morgan fingerprint density at radius 2 is 1.91 bits per heavy atom. The molecule has 2 atom stereocenters. The maximum atomic E-state index is 13.1. The van der Waals surface area contributed by atoms with Crippen LogP contribution in [0.5, 0.6) is 11.5 Å². The van der Waals surface area contributed by atoms with Crippen LogP contribution < -0.4 is 14.8 Å². The molecule has 2 saturated heterocycles. The molecule has 0 bridgehead atoms. The molecule has 0 unspecified atom stereocenters. The number of likely N-dealkylation sites (tertiary alicyclic amines) is 1. The van der Waals surface area contributed by atoms with E-state index in [1.807, 2.05) is 41.8 Å². The summed E-state index contributed by atoms with van der Waals surface area (Å²) < 4.78 is 10.8. The topological polar surface area (TPSA) is 88.2 Å². The third kappa shape index (κ3) is 6.02. The van der Waals surface area contributed by atoms with Gasteiger partial charge in [-0.3, -0.25) is 14.4 Å². The van der Waals surface area contributed by atoms with Crippen LogP contribution >= 0.6 is 0 Å². The number of carbonyl (C=O) groups excluding carboxylic acids is 3. The Hall–Kier alpha value is -2.77. The lowest BCUT2D eigenvalue weighted by Crippen LogP contribution is -2.48. The van der Waals surface area contributed by atoms with Crippen LogP contribution in [-0.2, 0) is 20.8 Å². The van der Waals surface area contributed by atoms with E-state index < -0.39 is 5.54 Å². The van der Waals surface area contributed by atoms with Gasteiger partial charge in [-0.05, 0) is 63.6 Å². The number of hydrogen-bond donors (Lipinski definition) is 1. The van der Waals surface area contributed by atoms with Gasteiger partial charge < -0.3 is 24.6 Å². The zero-order chi connectivity index (χ0) is 24.7. The van der Waals surface area contributed by atoms with E-state index in [9.17, 15) is 14.4 Å². The predicted molar refractivity (Wildman–Crippen MR) is 130 cm³/mol. The first kappa shape index (κ1) is 25.8. The molecule has 1 N–H and O–H groups in total. The SMILES string of the molecule is CCN(CC)C(=O)[C@H]1CCCN(C(=O)CC[C@]2(Cc3ccc(OC)c(OC)c3)CCC(=O)N2)C1. The number of methoxy groups -OCH3 is 2. The lowest BCUT2D eigenvalue weighted by molar-refractivity contribution is -0.141. The molecule has 2 fully saturated rings. The molecule has 8 nitrogen and oxygen atoms in total. The van der Waals surface area contributed by atoms with Crippen molar-refractivity contribution in [2.75, 3.05) is 40.4 Å². The normalized spacial score (nSPS) is 22.3. The summed E-state index contributed by atoms with van der Waals surface area (Å²) in [5, 5.41) is 3.15. The quantitative estimate of drug-likeness (QED) is 0.565. The molecule has 1 aromatic rings. The van der Waals surface area contributed by atoms with Gasteiger partial charge in [-0.1, -0.05) is 6.07 Å². The van der Waals surface area contributed by atoms with Gasteiger partial charge in [0.2, 0.25) is 17.7 Å². The lowest BCUT2D eigenvalue weighted by Gasteiger charge is -2.35. The van der Waals surface area contributed by atoms with Crippen LogP contribution in [-0.4, -0.2) is 73.5 Å². The van der Waals surface area contributed by atoms with Crippen molar-refractivity contribution in [2.24, 2.45) is 5.92 Å². The molecule has 8 heteroatoms. The second-order valence-electron chi connectivity index (χ2n) is 9.38. The van der Waals surface area contributed by atoms with Crippen LogP contribution in [0, 0.1) is 5.92 Å². The Bertz CT molecular complexity index is 885. The van der Waals surface area contributed by atoms with Crippen LogP contribution in [0.3, 0.4) is 0 Å². The zero-order valence-corrected chi connectivity index (χ0v) is 21.0. The number of amides is 3. The number of nitrogens with zero attached hydrogens (tertiary/aromatic N) is 2. The van der Waals surface area contributed by atoms with Gasteiger partial charge in [0.25, 0.3) is 0 Å². The molecule has 1 aromatic carbocycles. The summed E-state index contributed by atoms with van der Waals surface area (Å²) in [5.41, 5.74) is 0.564. The molecular formula is C26H39N3O5. The van der Waals surface area contributed by atoms with E-state index in [1.165, 1.54) is 0 Å². The minimum atomic E-state index is -0.460. The summed E-state index contributed by atoms with van der Waals surface area (Å²) in [5.74, 6) is 1.42. The number of hydrogen-bond acceptors (Lipinski definition) is 5. The summed E-state index contributed by atoms with van der Waals surface area (Å²) in [6.07, 6.45) is 4.36. The van der Waals surface area contributed by atoms with Crippen molar-refractivity contribution in [3.63, 3.8) is 0 Å². The highest BCUT2D eigenvalue weighted by molar-refractivity contribution is 5.82. The fraction of sp³-hybridized carbons (Fsp3) is 0.654. The number of rotatable bonds is 10. The minimum absolute atomic E-state index is 0.0239. The Labute approximate surface area is 202 Å². The molecule has 34 heavy (non-hydrogen) atoms. The van der Waals surface area contributed by atoms with E-state index in [1.54, 1.807) is 14.2 Å². The van der Waals surface area contributed by atoms with Crippen molar-refractivity contribution in [3.05, 3.63) is 23.8 Å². The molecule has 3 rings (SSSR count). The predicted octanol–water partition coefficient (Wildman–Crippen LogP) is 2.78. The van der Waals surface area contributed by atoms with Gasteiger partial charge in [-0.15, -0.1) is 0 Å². The highest BCUT2D eigenvalue weighted by Crippen LogP contribution is 2.34. The van der Waals surface area contributed by atoms with Gasteiger partial charge >= 0.3 is 0 Å². The number of benzene rings is 1. The standard InChI is InChI=1S/C26H39N3O5/c1-5-28(6-2)25(32)20-8-7-15-29(18-20)24(31)12-14-26(13-11-23(30)27-26)17-19-9-10-21(33-3)22(16-19)34-4/h9-10,16,20H,5-8,11-15,17-18H2,1-4H3,(H,27,30)/t20-,26-/m0/s1. The minimum Gasteiger partial charge on any atom is -0.493 e. The summed E-state index contributed by atoms with van der Waals surface area (Å²) in [4.78, 5) is 41.8. The second-order valence-corrected chi connectivity index (χ2v) is 9.38. The van der Waals surface area contributed by atoms with Crippen LogP contribution in [0.1, 0.15) is 57.9 Å². The van der Waals surface area contributed by atoms with Crippen molar-refractivity contribution in [1.29, 1.82) is 0 Å². The van der Waals surface area contributed by atoms with E-state index in [4.69, 9.17) is 9.47 Å². The number of carbonyl (C=O) groups is 3. The van der Waals surface area contributed by atoms with Crippen molar-refractivity contribution < 1.29 is 23.9 Å². The van der Waals surface area contributed by atoms with Crippen molar-refractivity contribution in [3.8, 4) is 11.5 Å². The average molecular weight is 474 g/mol. The molecule has 2 aliphatic rings. The van der Waals surface area contributed by atoms with E-state index in [-0.39, 0.29) is 23.6 Å². The first-order chi connectivity index (χ1) is 16.3. The highest BCUT2D eigenvalue weighted by atomic mass is 16.5. The van der Waals surface area contributed by atoms with E-state index in [0.29, 0.717) is 69.8 Å². The smallest absolute Gasteiger partial charge is 0.227 e. The second kappa shape index (κ2) is 11.6. The first-order valence-corrected chi connectivity index (χ1v) is 12.4. The monoisotopic (exact) mass is 473 g/mol. The highest BCUT2D eigenvalue weighted by Gasteiger charge is 2.39. The third-order valence-corrected chi connectivity index (χ3v) is 7.24. The Kier molecular flexibility index (Phi) is 8.80. The van der Waals surface area contributed by atoms with Gasteiger partial charge in [-0.2, -0.15) is 0 Å². The van der Waals surface area contributed by atoms with Crippen LogP contribution in [0.15, 0.2) is 18.2 Å². The summed E-state index contributed by atoms with van der Waals surface area (Å²) in [6, 6.07) is 5.77. The van der Waals surface area contributed by atoms with Gasteiger partial charge in [0, 0.05) is 44.6 Å². The molecule has 2 heterocycles. The summed E-state index contributed by atoms with van der Waals surface area (Å²) in [6.45, 7) is 6.54. The summed E-state index contributed by atoms with van der Waals surface area (Å²) >= 11 is 0. The molecule has 0 aromatic heterocycles. The van der Waals surface area contributed by atoms with Gasteiger partial charge in [0.05, 0.1) is 20.1 Å². The van der Waals surface area contributed by atoms with E-state index in [0.717, 1.165) is 18.4 Å². The van der Waals surface area contributed by atoms with Crippen molar-refractivity contribution in [1.82, 2.24) is 15.1 Å². The number of piperidine rings is 1. The van der Waals surface area contributed by atoms with Crippen LogP contribution in [0.4, 0.5) is 0 Å². The van der Waals surface area contributed by atoms with Gasteiger partial charge in [0.1, 0.15) is 0 Å². The molecule has 0 spiro atoms. The summed E-state index contributed by atoms with van der Waals surface area (Å²) in [7, 11) is 3.20. The van der Waals surface area contributed by atoms with E-state index in [2.05, 4.69) is 5.32 Å². The molecule has 0 radical (unpaired) electrons. The van der Waals surface area contributed by atoms with Crippen molar-refractivity contribution in [2.45, 2.75) is 64.3 Å². The van der Waals surface area contributed by atoms with Crippen LogP contribution in [0.2, 0.25) is 0 Å². The van der Waals surface area contributed by atoms with Gasteiger partial charge in [0.15, 0.2) is 11.5 Å². The van der Waals surface area contributed by atoms with Crippen molar-refractivity contribution >= 4 is 17.7 Å². The Morgan fingerprint density at radius 3 is 2.53 bits per heavy atom. The molecule has 2 aliphatic heterocycles. The Morgan fingerprint density at radius 1 is 1.18 bits per heavy atom. The maximum absolute atomic E-state index is 13.1. The maximum Gasteiger partial charge on any atom is 0.227 e. The molecule has 188 valence electrons. The molecule has 0 aliphatic carbocycles. The first-order valence-electron chi connectivity index (χ1n) is 12.4. The molecule has 3 amide bonds. The van der Waals surface area contributed by atoms with E-state index >= 15 is 0 Å². The fourth-order valence-corrected chi connectivity index (χ4v) is 5.27. The van der Waals surface area contributed by atoms with Crippen LogP contribution in [0.25, 0.3) is 0 Å². The zero-order valence-electron chi connectivity index (χ0n) is 21.0. The Balaban J connectivity index is 1.65. The van der Waals surface area contributed by atoms with Gasteiger partial charge in [-0.25, -0.2) is 0 Å². The number of ether oxygens (including phenoxy) is 2. The average Bonchev–Trinajstić information content (AvgIpc) is 3.23. The fourth-order valence-electron chi connectivity index (χ4n) is 5.27. The third-order valence-electron chi connectivity index (χ3n) is 7.24. The molecular weight excluding hydrogens is 434 g/mol.